The van der Waals surface area contributed by atoms with Crippen LogP contribution in [0.15, 0.2) is 94.7 Å². The third kappa shape index (κ3) is 19.8. The van der Waals surface area contributed by atoms with E-state index in [9.17, 15) is 68.5 Å². The zero-order valence-electron chi connectivity index (χ0n) is 44.6. The zero-order chi connectivity index (χ0) is 57.9. The van der Waals surface area contributed by atoms with E-state index in [-0.39, 0.29) is 76.0 Å². The lowest BCUT2D eigenvalue weighted by Crippen LogP contribution is -2.36. The van der Waals surface area contributed by atoms with Gasteiger partial charge in [0.2, 0.25) is 0 Å². The number of fused-ring (bicyclic) bond motifs is 2. The highest BCUT2D eigenvalue weighted by Gasteiger charge is 2.57. The summed E-state index contributed by atoms with van der Waals surface area (Å²) in [6, 6.07) is 26.1. The molecule has 2 aliphatic heterocycles. The Morgan fingerprint density at radius 2 is 0.911 bits per heavy atom. The van der Waals surface area contributed by atoms with Crippen molar-refractivity contribution in [1.29, 1.82) is 0 Å². The van der Waals surface area contributed by atoms with Crippen molar-refractivity contribution in [2.45, 2.75) is 160 Å². The Labute approximate surface area is 473 Å². The molecule has 0 fully saturated rings. The van der Waals surface area contributed by atoms with E-state index in [0.29, 0.717) is 25.6 Å². The lowest BCUT2D eigenvalue weighted by molar-refractivity contribution is -0.284. The minimum Gasteiger partial charge on any atom is -0.508 e. The van der Waals surface area contributed by atoms with Crippen LogP contribution in [0.5, 0.6) is 23.0 Å². The number of alkyl halides is 10. The normalized spacial score (nSPS) is 20.0. The number of rotatable bonds is 30. The zero-order valence-corrected chi connectivity index (χ0v) is 47.9. The van der Waals surface area contributed by atoms with Crippen molar-refractivity contribution < 1.29 is 78.0 Å². The Balaban J connectivity index is 0.000000291. The maximum absolute atomic E-state index is 12.9. The highest BCUT2D eigenvalue weighted by molar-refractivity contribution is 7.99. The summed E-state index contributed by atoms with van der Waals surface area (Å²) in [6.45, 7) is 6.23. The predicted octanol–water partition coefficient (Wildman–Crippen LogP) is 16.9. The number of unbranched alkanes of at least 4 members (excludes halogenated alkanes) is 6. The van der Waals surface area contributed by atoms with Gasteiger partial charge in [-0.2, -0.15) is 55.7 Å². The number of phenolic OH excluding ortho intramolecular Hbond substituents is 4. The molecule has 2 aliphatic rings. The van der Waals surface area contributed by atoms with Gasteiger partial charge in [-0.1, -0.05) is 88.8 Å². The molecule has 0 radical (unpaired) electrons. The average Bonchev–Trinajstić information content (AvgIpc) is 3.39. The summed E-state index contributed by atoms with van der Waals surface area (Å²) in [5.74, 6) is -5.36. The molecule has 0 saturated heterocycles. The molecule has 5 atom stereocenters. The number of hydrogen-bond donors (Lipinski definition) is 4. The Morgan fingerprint density at radius 1 is 0.506 bits per heavy atom. The molecule has 6 rings (SSSR count). The first-order chi connectivity index (χ1) is 37.3. The Kier molecular flexibility index (Phi) is 25.8. The van der Waals surface area contributed by atoms with Crippen LogP contribution in [0.1, 0.15) is 138 Å². The van der Waals surface area contributed by atoms with Gasteiger partial charge >= 0.3 is 24.2 Å². The predicted molar refractivity (Wildman–Crippen MR) is 298 cm³/mol. The second-order valence-electron chi connectivity index (χ2n) is 20.8. The van der Waals surface area contributed by atoms with Gasteiger partial charge in [0, 0.05) is 86.2 Å². The SMILES string of the molecule is C[C@]1(c2ccc(O)cc2)CSc2cc(O)ccc2[C@H]1CCCCCCOCCS(=O)CCCC(F)(F)C(F)(F)F.C[C@]1(c2ccc(O)cc2)CSc2cc(O)ccc2[C@H]1CCCCCCOCCSCCCC(F)(F)C(F)(F)F. The van der Waals surface area contributed by atoms with E-state index >= 15 is 0 Å². The Bertz CT molecular complexity index is 2480. The molecule has 1 unspecified atom stereocenters. The molecule has 0 aromatic heterocycles. The molecule has 4 aromatic rings. The highest BCUT2D eigenvalue weighted by Crippen LogP contribution is 2.54. The van der Waals surface area contributed by atoms with Gasteiger partial charge in [0.05, 0.1) is 13.2 Å². The molecule has 79 heavy (non-hydrogen) atoms. The van der Waals surface area contributed by atoms with E-state index in [1.165, 1.54) is 34.0 Å². The molecular formula is C58H74F10O7S4. The number of phenols is 4. The van der Waals surface area contributed by atoms with Gasteiger partial charge in [-0.05, 0) is 127 Å². The van der Waals surface area contributed by atoms with E-state index in [0.717, 1.165) is 85.5 Å². The van der Waals surface area contributed by atoms with E-state index in [2.05, 4.69) is 13.8 Å². The van der Waals surface area contributed by atoms with Crippen molar-refractivity contribution >= 4 is 46.1 Å². The number of aromatic hydroxyl groups is 4. The van der Waals surface area contributed by atoms with Crippen molar-refractivity contribution in [2.24, 2.45) is 0 Å². The van der Waals surface area contributed by atoms with Gasteiger partial charge in [-0.15, -0.1) is 23.5 Å². The maximum atomic E-state index is 12.9. The highest BCUT2D eigenvalue weighted by atomic mass is 32.2. The average molecular weight is 1200 g/mol. The topological polar surface area (TPSA) is 116 Å². The van der Waals surface area contributed by atoms with Crippen molar-refractivity contribution in [2.75, 3.05) is 60.9 Å². The molecule has 4 N–H and O–H groups in total. The van der Waals surface area contributed by atoms with Crippen molar-refractivity contribution in [3.8, 4) is 23.0 Å². The second kappa shape index (κ2) is 30.7. The minimum absolute atomic E-state index is 0.105. The standard InChI is InChI=1S/C29H37F5O4S2.C29H37F5O3S2/c1-27(21-8-10-22(35)11-9-21)20-39-26-19-23(36)12-13-24(26)25(27)7-4-2-3-5-15-38-16-18-40(37)17-6-14-28(30,31)29(32,33)34;1-27(21-8-10-22(35)11-9-21)20-39-26-19-23(36)12-13-24(26)25(27)7-4-2-3-5-15-37-16-18-38-17-6-14-28(30,31)29(32,33)34/h8-13,19,25,35-36H,2-7,14-18,20H2,1H3;8-13,19,25,35-36H,2-7,14-18,20H2,1H3/t25-,27-,40?;25-,27-/m11/s1. The van der Waals surface area contributed by atoms with Crippen LogP contribution in [0, 0.1) is 0 Å². The number of benzene rings is 4. The molecule has 21 heteroatoms. The van der Waals surface area contributed by atoms with Crippen LogP contribution in [0.4, 0.5) is 43.9 Å². The first-order valence-electron chi connectivity index (χ1n) is 26.8. The number of halogens is 10. The fourth-order valence-electron chi connectivity index (χ4n) is 10.0. The molecule has 0 bridgehead atoms. The lowest BCUT2D eigenvalue weighted by Gasteiger charge is -2.43. The van der Waals surface area contributed by atoms with Crippen molar-refractivity contribution in [3.63, 3.8) is 0 Å². The van der Waals surface area contributed by atoms with Crippen LogP contribution in [0.3, 0.4) is 0 Å². The molecule has 442 valence electrons. The first kappa shape index (κ1) is 66.3. The van der Waals surface area contributed by atoms with Gasteiger partial charge in [-0.25, -0.2) is 0 Å². The molecule has 7 nitrogen and oxygen atoms in total. The second-order valence-corrected chi connectivity index (χ2v) is 25.7. The van der Waals surface area contributed by atoms with Crippen LogP contribution in [-0.2, 0) is 31.1 Å². The molecule has 0 amide bonds. The van der Waals surface area contributed by atoms with E-state index in [4.69, 9.17) is 9.47 Å². The van der Waals surface area contributed by atoms with Crippen LogP contribution < -0.4 is 0 Å². The summed E-state index contributed by atoms with van der Waals surface area (Å²) < 4.78 is 147. The first-order valence-corrected chi connectivity index (χ1v) is 31.4. The number of hydrogen-bond acceptors (Lipinski definition) is 10. The van der Waals surface area contributed by atoms with Crippen molar-refractivity contribution in [3.05, 3.63) is 107 Å². The molecule has 0 spiro atoms. The summed E-state index contributed by atoms with van der Waals surface area (Å²) in [6.07, 6.45) is -4.52. The summed E-state index contributed by atoms with van der Waals surface area (Å²) in [5.41, 5.74) is 4.60. The third-order valence-electron chi connectivity index (χ3n) is 14.8. The molecule has 0 saturated carbocycles. The monoisotopic (exact) mass is 1200 g/mol. The number of thioether (sulfide) groups is 3. The van der Waals surface area contributed by atoms with Gasteiger partial charge in [0.15, 0.2) is 0 Å². The maximum Gasteiger partial charge on any atom is 0.453 e. The van der Waals surface area contributed by atoms with Gasteiger partial charge in [0.25, 0.3) is 0 Å². The van der Waals surface area contributed by atoms with E-state index in [1.807, 2.05) is 48.5 Å². The van der Waals surface area contributed by atoms with Crippen LogP contribution in [-0.4, -0.2) is 110 Å². The molecule has 4 aromatic carbocycles. The van der Waals surface area contributed by atoms with Crippen LogP contribution >= 0.6 is 35.3 Å². The fraction of sp³-hybridized carbons (Fsp3) is 0.586. The Hall–Kier alpha value is -3.50. The van der Waals surface area contributed by atoms with Gasteiger partial charge in [0.1, 0.15) is 23.0 Å². The minimum atomic E-state index is -5.58. The number of ether oxygens (including phenoxy) is 2. The Morgan fingerprint density at radius 3 is 1.35 bits per heavy atom. The van der Waals surface area contributed by atoms with Crippen molar-refractivity contribution in [1.82, 2.24) is 0 Å². The smallest absolute Gasteiger partial charge is 0.453 e. The molecule has 2 heterocycles. The summed E-state index contributed by atoms with van der Waals surface area (Å²) in [7, 11) is -1.50. The molecule has 0 aliphatic carbocycles. The van der Waals surface area contributed by atoms with Crippen LogP contribution in [0.25, 0.3) is 0 Å². The van der Waals surface area contributed by atoms with E-state index in [1.54, 1.807) is 59.9 Å². The third-order valence-corrected chi connectivity index (χ3v) is 20.0. The lowest BCUT2D eigenvalue weighted by atomic mass is 9.68. The summed E-state index contributed by atoms with van der Waals surface area (Å²) in [5, 5.41) is 39.5. The quantitative estimate of drug-likeness (QED) is 0.0297. The summed E-state index contributed by atoms with van der Waals surface area (Å²) >= 11 is 4.82. The summed E-state index contributed by atoms with van der Waals surface area (Å²) in [4.78, 5) is 2.22. The van der Waals surface area contributed by atoms with E-state index < -0.39 is 54.3 Å². The van der Waals surface area contributed by atoms with Gasteiger partial charge < -0.3 is 29.9 Å². The fourth-order valence-corrected chi connectivity index (χ4v) is 14.6. The van der Waals surface area contributed by atoms with Crippen LogP contribution in [0.2, 0.25) is 0 Å². The van der Waals surface area contributed by atoms with Gasteiger partial charge in [-0.3, -0.25) is 4.21 Å². The largest absolute Gasteiger partial charge is 0.508 e. The molecular weight excluding hydrogens is 1130 g/mol.